The van der Waals surface area contributed by atoms with E-state index >= 15 is 0 Å². The lowest BCUT2D eigenvalue weighted by molar-refractivity contribution is 0.112. The number of carbonyl (C=O) groups is 1. The molecule has 0 N–H and O–H groups in total. The molecule has 0 amide bonds. The van der Waals surface area contributed by atoms with Crippen LogP contribution < -0.4 is 4.90 Å². The molecule has 1 aromatic rings. The van der Waals surface area contributed by atoms with Gasteiger partial charge in [-0.1, -0.05) is 55.4 Å². The molecule has 3 nitrogen and oxygen atoms in total. The van der Waals surface area contributed by atoms with Crippen molar-refractivity contribution in [3.05, 3.63) is 21.7 Å². The maximum Gasteiger partial charge on any atom is 0.187 e. The molecule has 0 aromatic carbocycles. The van der Waals surface area contributed by atoms with Crippen molar-refractivity contribution < 1.29 is 4.79 Å². The van der Waals surface area contributed by atoms with E-state index in [-0.39, 0.29) is 5.41 Å². The topological polar surface area (TPSA) is 33.2 Å². The maximum absolute atomic E-state index is 10.8. The lowest BCUT2D eigenvalue weighted by atomic mass is 9.83. The summed E-state index contributed by atoms with van der Waals surface area (Å²) in [5.41, 5.74) is 1.72. The van der Waals surface area contributed by atoms with Gasteiger partial charge in [0.25, 0.3) is 0 Å². The Kier molecular flexibility index (Phi) is 3.78. The average Bonchev–Trinajstić information content (AvgIpc) is 2.69. The summed E-state index contributed by atoms with van der Waals surface area (Å²) in [6.07, 6.45) is 4.07. The van der Waals surface area contributed by atoms with Gasteiger partial charge in [-0.05, 0) is 11.8 Å². The van der Waals surface area contributed by atoms with Gasteiger partial charge >= 0.3 is 0 Å². The normalized spacial score (nSPS) is 16.7. The van der Waals surface area contributed by atoms with Gasteiger partial charge in [0.05, 0.1) is 0 Å². The summed E-state index contributed by atoms with van der Waals surface area (Å²) in [4.78, 5) is 17.7. The summed E-state index contributed by atoms with van der Waals surface area (Å²) in [5, 5.41) is 1.15. The van der Waals surface area contributed by atoms with Crippen LogP contribution in [0.3, 0.4) is 0 Å². The monoisotopic (exact) mass is 284 g/mol. The van der Waals surface area contributed by atoms with Crippen LogP contribution in [0.25, 0.3) is 0 Å². The van der Waals surface area contributed by atoms with Crippen molar-refractivity contribution in [1.82, 2.24) is 4.98 Å². The van der Waals surface area contributed by atoms with Gasteiger partial charge in [0, 0.05) is 13.1 Å². The molecule has 0 atom stereocenters. The van der Waals surface area contributed by atoms with Crippen LogP contribution in [0.2, 0.25) is 5.15 Å². The van der Waals surface area contributed by atoms with E-state index in [2.05, 4.69) is 36.7 Å². The second kappa shape index (κ2) is 5.02. The highest BCUT2D eigenvalue weighted by atomic mass is 35.5. The Bertz CT molecular complexity index is 488. The molecule has 0 aliphatic carbocycles. The summed E-state index contributed by atoms with van der Waals surface area (Å²) in [6.45, 7) is 8.48. The van der Waals surface area contributed by atoms with E-state index in [0.29, 0.717) is 10.0 Å². The zero-order chi connectivity index (χ0) is 13.3. The third kappa shape index (κ3) is 2.75. The second-order valence-corrected chi connectivity index (χ2v) is 6.81. The van der Waals surface area contributed by atoms with E-state index < -0.39 is 0 Å². The lowest BCUT2D eigenvalue weighted by Gasteiger charge is -2.31. The summed E-state index contributed by atoms with van der Waals surface area (Å²) < 4.78 is 0. The first-order chi connectivity index (χ1) is 8.41. The number of nitrogens with zero attached hydrogens (tertiary/aromatic N) is 2. The predicted octanol–water partition coefficient (Wildman–Crippen LogP) is 3.79. The number of hydrogen-bond donors (Lipinski definition) is 0. The molecule has 1 aliphatic heterocycles. The van der Waals surface area contributed by atoms with E-state index in [4.69, 9.17) is 11.6 Å². The van der Waals surface area contributed by atoms with Crippen LogP contribution in [0.1, 0.15) is 36.9 Å². The van der Waals surface area contributed by atoms with Gasteiger partial charge < -0.3 is 4.90 Å². The molecule has 2 heterocycles. The van der Waals surface area contributed by atoms with Crippen LogP contribution in [-0.4, -0.2) is 24.4 Å². The highest BCUT2D eigenvalue weighted by Gasteiger charge is 2.23. The lowest BCUT2D eigenvalue weighted by Crippen LogP contribution is -2.31. The molecule has 0 spiro atoms. The van der Waals surface area contributed by atoms with Gasteiger partial charge in [0.2, 0.25) is 0 Å². The van der Waals surface area contributed by atoms with Crippen LogP contribution in [0, 0.1) is 5.41 Å². The summed E-state index contributed by atoms with van der Waals surface area (Å²) in [5.74, 6) is 0. The van der Waals surface area contributed by atoms with Crippen molar-refractivity contribution in [2.75, 3.05) is 18.0 Å². The Labute approximate surface area is 116 Å². The van der Waals surface area contributed by atoms with Crippen LogP contribution in [-0.2, 0) is 0 Å². The Morgan fingerprint density at radius 2 is 2.22 bits per heavy atom. The van der Waals surface area contributed by atoms with E-state index in [1.54, 1.807) is 0 Å². The minimum absolute atomic E-state index is 0.237. The SMILES string of the molecule is CC(C)(C)C1=CCN(c2nc(Cl)c(C=O)s2)CC1. The van der Waals surface area contributed by atoms with Crippen molar-refractivity contribution in [2.45, 2.75) is 27.2 Å². The fourth-order valence-corrected chi connectivity index (χ4v) is 3.13. The first kappa shape index (κ1) is 13.6. The van der Waals surface area contributed by atoms with Gasteiger partial charge in [-0.3, -0.25) is 4.79 Å². The molecule has 0 bridgehead atoms. The summed E-state index contributed by atoms with van der Waals surface area (Å²) in [7, 11) is 0. The van der Waals surface area contributed by atoms with Crippen molar-refractivity contribution in [3.63, 3.8) is 0 Å². The van der Waals surface area contributed by atoms with Crippen molar-refractivity contribution in [3.8, 4) is 0 Å². The maximum atomic E-state index is 10.8. The first-order valence-corrected chi connectivity index (χ1v) is 7.17. The molecule has 1 aromatic heterocycles. The summed E-state index contributed by atoms with van der Waals surface area (Å²) in [6, 6.07) is 0. The van der Waals surface area contributed by atoms with Crippen LogP contribution in [0.5, 0.6) is 0 Å². The Morgan fingerprint density at radius 3 is 2.67 bits per heavy atom. The third-order valence-corrected chi connectivity index (χ3v) is 4.59. The number of anilines is 1. The van der Waals surface area contributed by atoms with Crippen LogP contribution in [0.4, 0.5) is 5.13 Å². The van der Waals surface area contributed by atoms with Gasteiger partial charge in [-0.15, -0.1) is 0 Å². The molecule has 0 fully saturated rings. The number of aldehydes is 1. The van der Waals surface area contributed by atoms with Crippen molar-refractivity contribution in [1.29, 1.82) is 0 Å². The highest BCUT2D eigenvalue weighted by molar-refractivity contribution is 7.17. The zero-order valence-electron chi connectivity index (χ0n) is 10.9. The van der Waals surface area contributed by atoms with Gasteiger partial charge in [-0.2, -0.15) is 0 Å². The number of halogens is 1. The number of rotatable bonds is 2. The minimum atomic E-state index is 0.237. The third-order valence-electron chi connectivity index (χ3n) is 3.15. The predicted molar refractivity (Wildman–Crippen MR) is 76.9 cm³/mol. The molecule has 0 saturated heterocycles. The fourth-order valence-electron chi connectivity index (χ4n) is 2.03. The standard InChI is InChI=1S/C13H17ClN2OS/c1-13(2,3)9-4-6-16(7-5-9)12-15-11(14)10(8-17)18-12/h4,8H,5-7H2,1-3H3. The molecule has 0 saturated carbocycles. The molecule has 18 heavy (non-hydrogen) atoms. The van der Waals surface area contributed by atoms with Crippen molar-refractivity contribution >= 4 is 34.4 Å². The number of aromatic nitrogens is 1. The number of thiazole rings is 1. The van der Waals surface area contributed by atoms with Crippen molar-refractivity contribution in [2.24, 2.45) is 5.41 Å². The largest absolute Gasteiger partial charge is 0.344 e. The number of hydrogen-bond acceptors (Lipinski definition) is 4. The molecule has 0 radical (unpaired) electrons. The van der Waals surface area contributed by atoms with Gasteiger partial charge in [0.1, 0.15) is 4.88 Å². The fraction of sp³-hybridized carbons (Fsp3) is 0.538. The molecule has 98 valence electrons. The Morgan fingerprint density at radius 1 is 1.50 bits per heavy atom. The number of carbonyl (C=O) groups excluding carboxylic acids is 1. The molecule has 0 unspecified atom stereocenters. The van der Waals surface area contributed by atoms with Crippen LogP contribution in [0.15, 0.2) is 11.6 Å². The van der Waals surface area contributed by atoms with E-state index in [1.165, 1.54) is 16.9 Å². The van der Waals surface area contributed by atoms with E-state index in [0.717, 1.165) is 30.9 Å². The molecular formula is C13H17ClN2OS. The Hall–Kier alpha value is -0.870. The minimum Gasteiger partial charge on any atom is -0.344 e. The van der Waals surface area contributed by atoms with E-state index in [9.17, 15) is 4.79 Å². The van der Waals surface area contributed by atoms with Gasteiger partial charge in [0.15, 0.2) is 16.6 Å². The zero-order valence-corrected chi connectivity index (χ0v) is 12.4. The first-order valence-electron chi connectivity index (χ1n) is 5.98. The molecule has 2 rings (SSSR count). The highest BCUT2D eigenvalue weighted by Crippen LogP contribution is 2.34. The average molecular weight is 285 g/mol. The second-order valence-electron chi connectivity index (χ2n) is 5.44. The quantitative estimate of drug-likeness (QED) is 0.612. The molecule has 1 aliphatic rings. The summed E-state index contributed by atoms with van der Waals surface area (Å²) >= 11 is 7.25. The van der Waals surface area contributed by atoms with Gasteiger partial charge in [-0.25, -0.2) is 4.98 Å². The molecular weight excluding hydrogens is 268 g/mol. The molecule has 5 heteroatoms. The smallest absolute Gasteiger partial charge is 0.187 e. The van der Waals surface area contributed by atoms with Crippen LogP contribution >= 0.6 is 22.9 Å². The Balaban J connectivity index is 2.14. The van der Waals surface area contributed by atoms with E-state index in [1.807, 2.05) is 0 Å².